The van der Waals surface area contributed by atoms with Crippen molar-refractivity contribution >= 4 is 10.0 Å². The maximum atomic E-state index is 12.8. The van der Waals surface area contributed by atoms with E-state index in [1.54, 1.807) is 43.5 Å². The number of rotatable bonds is 5. The smallest absolute Gasteiger partial charge is 0.246 e. The molecular weight excluding hydrogens is 290 g/mol. The van der Waals surface area contributed by atoms with Gasteiger partial charge in [0.1, 0.15) is 4.90 Å². The third-order valence-corrected chi connectivity index (χ3v) is 5.66. The van der Waals surface area contributed by atoms with Gasteiger partial charge in [0.2, 0.25) is 10.0 Å². The number of sulfonamides is 1. The van der Waals surface area contributed by atoms with Gasteiger partial charge in [0, 0.05) is 26.8 Å². The molecule has 2 heterocycles. The Morgan fingerprint density at radius 3 is 2.52 bits per heavy atom. The molecule has 116 valence electrons. The summed E-state index contributed by atoms with van der Waals surface area (Å²) >= 11 is 0. The molecule has 0 unspecified atom stereocenters. The Morgan fingerprint density at radius 2 is 2.00 bits per heavy atom. The molecule has 0 bridgehead atoms. The summed E-state index contributed by atoms with van der Waals surface area (Å²) < 4.78 is 30.2. The van der Waals surface area contributed by atoms with Crippen LogP contribution >= 0.6 is 0 Å². The third kappa shape index (κ3) is 2.73. The van der Waals surface area contributed by atoms with Crippen molar-refractivity contribution in [3.63, 3.8) is 0 Å². The van der Waals surface area contributed by atoms with E-state index in [1.165, 1.54) is 4.31 Å². The Bertz CT molecular complexity index is 745. The van der Waals surface area contributed by atoms with Crippen LogP contribution in [-0.4, -0.2) is 39.3 Å². The van der Waals surface area contributed by atoms with E-state index in [2.05, 4.69) is 10.2 Å². The molecule has 8 heteroatoms. The van der Waals surface area contributed by atoms with Gasteiger partial charge in [-0.15, -0.1) is 0 Å². The molecule has 7 nitrogen and oxygen atoms in total. The summed E-state index contributed by atoms with van der Waals surface area (Å²) in [5, 5.41) is 8.34. The Balaban J connectivity index is 2.35. The molecular formula is C13H21N5O2S. The summed E-state index contributed by atoms with van der Waals surface area (Å²) in [6.45, 7) is 6.44. The highest BCUT2D eigenvalue weighted by atomic mass is 32.2. The Kier molecular flexibility index (Phi) is 4.20. The zero-order valence-electron chi connectivity index (χ0n) is 13.0. The fraction of sp³-hybridized carbons (Fsp3) is 0.538. The second-order valence-corrected chi connectivity index (χ2v) is 7.00. The fourth-order valence-corrected chi connectivity index (χ4v) is 3.91. The molecule has 0 fully saturated rings. The lowest BCUT2D eigenvalue weighted by Crippen LogP contribution is -2.28. The predicted molar refractivity (Wildman–Crippen MR) is 79.2 cm³/mol. The topological polar surface area (TPSA) is 73.0 Å². The summed E-state index contributed by atoms with van der Waals surface area (Å²) in [7, 11) is -0.251. The van der Waals surface area contributed by atoms with Crippen LogP contribution in [0.5, 0.6) is 0 Å². The van der Waals surface area contributed by atoms with E-state index in [1.807, 2.05) is 13.0 Å². The molecule has 0 aliphatic rings. The zero-order chi connectivity index (χ0) is 15.8. The first-order valence-corrected chi connectivity index (χ1v) is 8.20. The van der Waals surface area contributed by atoms with E-state index in [0.717, 1.165) is 5.69 Å². The number of aromatic nitrogens is 4. The van der Waals surface area contributed by atoms with Crippen molar-refractivity contribution in [3.8, 4) is 0 Å². The molecule has 0 spiro atoms. The Labute approximate surface area is 125 Å². The summed E-state index contributed by atoms with van der Waals surface area (Å²) in [4.78, 5) is 0.287. The zero-order valence-corrected chi connectivity index (χ0v) is 13.8. The number of hydrogen-bond acceptors (Lipinski definition) is 4. The van der Waals surface area contributed by atoms with Crippen LogP contribution in [-0.2, 0) is 30.2 Å². The second kappa shape index (κ2) is 5.61. The molecule has 21 heavy (non-hydrogen) atoms. The summed E-state index contributed by atoms with van der Waals surface area (Å²) in [6.07, 6.45) is 1.68. The molecule has 0 saturated carbocycles. The van der Waals surface area contributed by atoms with Gasteiger partial charge in [0.15, 0.2) is 0 Å². The van der Waals surface area contributed by atoms with Gasteiger partial charge in [0.05, 0.1) is 23.6 Å². The van der Waals surface area contributed by atoms with Gasteiger partial charge >= 0.3 is 0 Å². The first-order chi connectivity index (χ1) is 9.78. The average Bonchev–Trinajstić information content (AvgIpc) is 2.94. The molecule has 0 N–H and O–H groups in total. The lowest BCUT2D eigenvalue weighted by Gasteiger charge is -2.18. The highest BCUT2D eigenvalue weighted by Gasteiger charge is 2.28. The molecule has 2 aromatic rings. The maximum Gasteiger partial charge on any atom is 0.246 e. The molecule has 0 aliphatic carbocycles. The van der Waals surface area contributed by atoms with Crippen LogP contribution < -0.4 is 0 Å². The van der Waals surface area contributed by atoms with Crippen molar-refractivity contribution in [1.29, 1.82) is 0 Å². The average molecular weight is 311 g/mol. The molecule has 2 aromatic heterocycles. The minimum Gasteiger partial charge on any atom is -0.271 e. The highest BCUT2D eigenvalue weighted by molar-refractivity contribution is 7.89. The van der Waals surface area contributed by atoms with Gasteiger partial charge < -0.3 is 0 Å². The van der Waals surface area contributed by atoms with Gasteiger partial charge in [-0.05, 0) is 26.8 Å². The van der Waals surface area contributed by atoms with Gasteiger partial charge in [-0.25, -0.2) is 8.42 Å². The normalized spacial score (nSPS) is 12.3. The van der Waals surface area contributed by atoms with Crippen LogP contribution in [0.15, 0.2) is 17.2 Å². The van der Waals surface area contributed by atoms with E-state index in [9.17, 15) is 8.42 Å². The fourth-order valence-electron chi connectivity index (χ4n) is 2.38. The van der Waals surface area contributed by atoms with Crippen LogP contribution in [0.25, 0.3) is 0 Å². The van der Waals surface area contributed by atoms with Crippen molar-refractivity contribution < 1.29 is 8.42 Å². The predicted octanol–water partition coefficient (Wildman–Crippen LogP) is 1.07. The van der Waals surface area contributed by atoms with E-state index in [0.29, 0.717) is 17.9 Å². The Hall–Kier alpha value is -1.67. The van der Waals surface area contributed by atoms with E-state index in [-0.39, 0.29) is 11.4 Å². The maximum absolute atomic E-state index is 12.8. The van der Waals surface area contributed by atoms with E-state index in [4.69, 9.17) is 0 Å². The number of nitrogens with zero attached hydrogens (tertiary/aromatic N) is 5. The molecule has 0 radical (unpaired) electrons. The van der Waals surface area contributed by atoms with Crippen molar-refractivity contribution in [2.45, 2.75) is 38.8 Å². The third-order valence-electron chi connectivity index (χ3n) is 3.60. The van der Waals surface area contributed by atoms with Gasteiger partial charge in [-0.2, -0.15) is 14.5 Å². The standard InChI is InChI=1S/C13H21N5O2S/c1-6-18-12(7-8-14-18)9-16(4)21(19,20)13-10(2)15-17(5)11(13)3/h7-8H,6,9H2,1-5H3. The van der Waals surface area contributed by atoms with Gasteiger partial charge in [-0.3, -0.25) is 9.36 Å². The first kappa shape index (κ1) is 15.7. The molecule has 0 amide bonds. The van der Waals surface area contributed by atoms with Gasteiger partial charge in [-0.1, -0.05) is 0 Å². The SMILES string of the molecule is CCn1nccc1CN(C)S(=O)(=O)c1c(C)nn(C)c1C. The minimum atomic E-state index is -3.57. The van der Waals surface area contributed by atoms with E-state index < -0.39 is 10.0 Å². The highest BCUT2D eigenvalue weighted by Crippen LogP contribution is 2.23. The number of aryl methyl sites for hydroxylation is 3. The molecule has 0 atom stereocenters. The van der Waals surface area contributed by atoms with Gasteiger partial charge in [0.25, 0.3) is 0 Å². The van der Waals surface area contributed by atoms with Crippen molar-refractivity contribution in [2.24, 2.45) is 7.05 Å². The summed E-state index contributed by atoms with van der Waals surface area (Å²) in [5.74, 6) is 0. The lowest BCUT2D eigenvalue weighted by molar-refractivity contribution is 0.446. The lowest BCUT2D eigenvalue weighted by atomic mass is 10.4. The molecule has 0 aliphatic heterocycles. The first-order valence-electron chi connectivity index (χ1n) is 6.76. The van der Waals surface area contributed by atoms with Crippen LogP contribution in [0.4, 0.5) is 0 Å². The summed E-state index contributed by atoms with van der Waals surface area (Å²) in [5.41, 5.74) is 2.02. The van der Waals surface area contributed by atoms with Crippen LogP contribution in [0, 0.1) is 13.8 Å². The van der Waals surface area contributed by atoms with Crippen molar-refractivity contribution in [1.82, 2.24) is 23.9 Å². The number of hydrogen-bond donors (Lipinski definition) is 0. The molecule has 2 rings (SSSR count). The van der Waals surface area contributed by atoms with Crippen LogP contribution in [0.2, 0.25) is 0 Å². The second-order valence-electron chi connectivity index (χ2n) is 5.02. The minimum absolute atomic E-state index is 0.282. The van der Waals surface area contributed by atoms with Crippen LogP contribution in [0.3, 0.4) is 0 Å². The van der Waals surface area contributed by atoms with Crippen LogP contribution in [0.1, 0.15) is 24.0 Å². The van der Waals surface area contributed by atoms with Crippen molar-refractivity contribution in [2.75, 3.05) is 7.05 Å². The largest absolute Gasteiger partial charge is 0.271 e. The quantitative estimate of drug-likeness (QED) is 0.828. The molecule has 0 saturated heterocycles. The Morgan fingerprint density at radius 1 is 1.33 bits per heavy atom. The molecule has 0 aromatic carbocycles. The van der Waals surface area contributed by atoms with Crippen molar-refractivity contribution in [3.05, 3.63) is 29.3 Å². The van der Waals surface area contributed by atoms with E-state index >= 15 is 0 Å². The summed E-state index contributed by atoms with van der Waals surface area (Å²) in [6, 6.07) is 1.83. The monoisotopic (exact) mass is 311 g/mol.